The predicted molar refractivity (Wildman–Crippen MR) is 77.4 cm³/mol. The Hall–Kier alpha value is -1.62. The van der Waals surface area contributed by atoms with E-state index in [-0.39, 0.29) is 0 Å². The van der Waals surface area contributed by atoms with Crippen molar-refractivity contribution in [3.63, 3.8) is 0 Å². The number of aromatic nitrogens is 3. The standard InChI is InChI=1S/C14H21N5/c1-15-12-7-5-11-14(18-12)19-13(17-11)6-4-10-3-2-8-16-9-10/h5,7,10,16H,2-4,6,8-9H2,1H3,(H2,15,17,18,19). The maximum Gasteiger partial charge on any atom is 0.179 e. The number of fused-ring (bicyclic) bond motifs is 1. The smallest absolute Gasteiger partial charge is 0.179 e. The third kappa shape index (κ3) is 2.87. The Kier molecular flexibility index (Phi) is 3.64. The van der Waals surface area contributed by atoms with Crippen LogP contribution in [0.2, 0.25) is 0 Å². The Balaban J connectivity index is 1.67. The lowest BCUT2D eigenvalue weighted by Crippen LogP contribution is -2.29. The SMILES string of the molecule is CNc1ccc2[nH]c(CCC3CCCNC3)nc2n1. The Morgan fingerprint density at radius 3 is 3.11 bits per heavy atom. The minimum absolute atomic E-state index is 0.794. The zero-order valence-corrected chi connectivity index (χ0v) is 11.4. The van der Waals surface area contributed by atoms with Crippen LogP contribution in [0.25, 0.3) is 11.2 Å². The van der Waals surface area contributed by atoms with Crippen LogP contribution in [0.15, 0.2) is 12.1 Å². The van der Waals surface area contributed by atoms with Crippen LogP contribution in [0, 0.1) is 5.92 Å². The Bertz CT molecular complexity index is 542. The fourth-order valence-corrected chi connectivity index (χ4v) is 2.71. The molecule has 0 spiro atoms. The number of piperidine rings is 1. The summed E-state index contributed by atoms with van der Waals surface area (Å²) in [5, 5.41) is 6.50. The molecule has 0 amide bonds. The number of aromatic amines is 1. The van der Waals surface area contributed by atoms with E-state index in [4.69, 9.17) is 0 Å². The normalized spacial score (nSPS) is 19.7. The topological polar surface area (TPSA) is 65.6 Å². The maximum absolute atomic E-state index is 4.58. The van der Waals surface area contributed by atoms with Gasteiger partial charge in [0, 0.05) is 13.5 Å². The highest BCUT2D eigenvalue weighted by atomic mass is 15.0. The lowest BCUT2D eigenvalue weighted by Gasteiger charge is -2.22. The molecule has 0 aromatic carbocycles. The van der Waals surface area contributed by atoms with Crippen LogP contribution in [0.5, 0.6) is 0 Å². The van der Waals surface area contributed by atoms with Gasteiger partial charge in [-0.3, -0.25) is 0 Å². The van der Waals surface area contributed by atoms with Crippen molar-refractivity contribution in [3.05, 3.63) is 18.0 Å². The molecule has 1 aliphatic rings. The summed E-state index contributed by atoms with van der Waals surface area (Å²) in [6.45, 7) is 2.33. The van der Waals surface area contributed by atoms with E-state index in [9.17, 15) is 0 Å². The number of aryl methyl sites for hydroxylation is 1. The number of anilines is 1. The molecule has 2 aromatic rings. The molecule has 5 nitrogen and oxygen atoms in total. The van der Waals surface area contributed by atoms with Crippen molar-refractivity contribution in [2.75, 3.05) is 25.5 Å². The van der Waals surface area contributed by atoms with Gasteiger partial charge in [-0.25, -0.2) is 9.97 Å². The third-order valence-electron chi connectivity index (χ3n) is 3.84. The first-order valence-corrected chi connectivity index (χ1v) is 7.09. The first kappa shape index (κ1) is 12.4. The first-order valence-electron chi connectivity index (χ1n) is 7.09. The number of pyridine rings is 1. The van der Waals surface area contributed by atoms with E-state index in [2.05, 4.69) is 25.6 Å². The largest absolute Gasteiger partial charge is 0.373 e. The van der Waals surface area contributed by atoms with Gasteiger partial charge in [0.25, 0.3) is 0 Å². The monoisotopic (exact) mass is 259 g/mol. The molecule has 19 heavy (non-hydrogen) atoms. The summed E-state index contributed by atoms with van der Waals surface area (Å²) in [5.74, 6) is 2.71. The molecule has 3 heterocycles. The van der Waals surface area contributed by atoms with Crippen LogP contribution in [0.1, 0.15) is 25.1 Å². The van der Waals surface area contributed by atoms with Crippen molar-refractivity contribution in [2.45, 2.75) is 25.7 Å². The number of nitrogens with one attached hydrogen (secondary N) is 3. The molecule has 1 aliphatic heterocycles. The summed E-state index contributed by atoms with van der Waals surface area (Å²) in [7, 11) is 1.87. The molecular weight excluding hydrogens is 238 g/mol. The zero-order chi connectivity index (χ0) is 13.1. The van der Waals surface area contributed by atoms with E-state index in [1.54, 1.807) is 0 Å². The molecule has 2 aromatic heterocycles. The fraction of sp³-hybridized carbons (Fsp3) is 0.571. The highest BCUT2D eigenvalue weighted by Gasteiger charge is 2.14. The van der Waals surface area contributed by atoms with E-state index in [1.165, 1.54) is 25.8 Å². The first-order chi connectivity index (χ1) is 9.35. The molecule has 3 N–H and O–H groups in total. The fourth-order valence-electron chi connectivity index (χ4n) is 2.71. The van der Waals surface area contributed by atoms with E-state index in [0.29, 0.717) is 0 Å². The van der Waals surface area contributed by atoms with E-state index in [0.717, 1.165) is 41.7 Å². The lowest BCUT2D eigenvalue weighted by atomic mass is 9.95. The van der Waals surface area contributed by atoms with Gasteiger partial charge in [-0.15, -0.1) is 0 Å². The summed E-state index contributed by atoms with van der Waals surface area (Å²) in [6, 6.07) is 4.00. The van der Waals surface area contributed by atoms with Crippen LogP contribution in [-0.4, -0.2) is 35.1 Å². The highest BCUT2D eigenvalue weighted by Crippen LogP contribution is 2.18. The molecule has 0 aliphatic carbocycles. The second kappa shape index (κ2) is 5.57. The lowest BCUT2D eigenvalue weighted by molar-refractivity contribution is 0.356. The molecule has 102 valence electrons. The molecule has 1 atom stereocenters. The van der Waals surface area contributed by atoms with Gasteiger partial charge in [-0.2, -0.15) is 0 Å². The number of imidazole rings is 1. The van der Waals surface area contributed by atoms with E-state index in [1.807, 2.05) is 19.2 Å². The van der Waals surface area contributed by atoms with Crippen molar-refractivity contribution >= 4 is 17.0 Å². The van der Waals surface area contributed by atoms with Crippen molar-refractivity contribution in [3.8, 4) is 0 Å². The summed E-state index contributed by atoms with van der Waals surface area (Å²) in [6.07, 6.45) is 4.86. The van der Waals surface area contributed by atoms with Crippen LogP contribution in [0.3, 0.4) is 0 Å². The second-order valence-electron chi connectivity index (χ2n) is 5.25. The van der Waals surface area contributed by atoms with Gasteiger partial charge in [0.05, 0.1) is 5.52 Å². The van der Waals surface area contributed by atoms with Crippen LogP contribution in [-0.2, 0) is 6.42 Å². The van der Waals surface area contributed by atoms with Crippen molar-refractivity contribution < 1.29 is 0 Å². The van der Waals surface area contributed by atoms with Gasteiger partial charge >= 0.3 is 0 Å². The van der Waals surface area contributed by atoms with Gasteiger partial charge in [-0.1, -0.05) is 0 Å². The second-order valence-corrected chi connectivity index (χ2v) is 5.25. The number of rotatable bonds is 4. The van der Waals surface area contributed by atoms with Gasteiger partial charge in [-0.05, 0) is 50.4 Å². The van der Waals surface area contributed by atoms with Crippen molar-refractivity contribution in [2.24, 2.45) is 5.92 Å². The van der Waals surface area contributed by atoms with E-state index < -0.39 is 0 Å². The Morgan fingerprint density at radius 1 is 1.37 bits per heavy atom. The molecule has 1 fully saturated rings. The Labute approximate surface area is 113 Å². The third-order valence-corrected chi connectivity index (χ3v) is 3.84. The zero-order valence-electron chi connectivity index (χ0n) is 11.4. The molecule has 0 bridgehead atoms. The highest BCUT2D eigenvalue weighted by molar-refractivity contribution is 5.72. The number of nitrogens with zero attached hydrogens (tertiary/aromatic N) is 2. The van der Waals surface area contributed by atoms with Gasteiger partial charge in [0.1, 0.15) is 11.6 Å². The van der Waals surface area contributed by atoms with Crippen molar-refractivity contribution in [1.29, 1.82) is 0 Å². The average molecular weight is 259 g/mol. The predicted octanol–water partition coefficient (Wildman–Crippen LogP) is 1.93. The molecule has 0 saturated carbocycles. The molecule has 1 saturated heterocycles. The molecule has 3 rings (SSSR count). The number of hydrogen-bond donors (Lipinski definition) is 3. The summed E-state index contributed by atoms with van der Waals surface area (Å²) >= 11 is 0. The summed E-state index contributed by atoms with van der Waals surface area (Å²) < 4.78 is 0. The average Bonchev–Trinajstić information content (AvgIpc) is 2.88. The molecule has 5 heteroatoms. The molecule has 0 radical (unpaired) electrons. The Morgan fingerprint density at radius 2 is 2.32 bits per heavy atom. The minimum atomic E-state index is 0.794. The minimum Gasteiger partial charge on any atom is -0.373 e. The molecular formula is C14H21N5. The van der Waals surface area contributed by atoms with Crippen molar-refractivity contribution in [1.82, 2.24) is 20.3 Å². The quantitative estimate of drug-likeness (QED) is 0.785. The molecule has 1 unspecified atom stereocenters. The van der Waals surface area contributed by atoms with Crippen LogP contribution >= 0.6 is 0 Å². The number of hydrogen-bond acceptors (Lipinski definition) is 4. The van der Waals surface area contributed by atoms with Gasteiger partial charge in [0.15, 0.2) is 5.65 Å². The van der Waals surface area contributed by atoms with Crippen LogP contribution < -0.4 is 10.6 Å². The summed E-state index contributed by atoms with van der Waals surface area (Å²) in [4.78, 5) is 12.4. The maximum atomic E-state index is 4.58. The number of H-pyrrole nitrogens is 1. The van der Waals surface area contributed by atoms with Gasteiger partial charge in [0.2, 0.25) is 0 Å². The van der Waals surface area contributed by atoms with Crippen LogP contribution in [0.4, 0.5) is 5.82 Å². The van der Waals surface area contributed by atoms with E-state index >= 15 is 0 Å². The summed E-state index contributed by atoms with van der Waals surface area (Å²) in [5.41, 5.74) is 1.83. The van der Waals surface area contributed by atoms with Gasteiger partial charge < -0.3 is 15.6 Å².